The number of hydrogen-bond donors (Lipinski definition) is 2. The summed E-state index contributed by atoms with van der Waals surface area (Å²) in [6.07, 6.45) is 1.58. The molecule has 7 heteroatoms. The Kier molecular flexibility index (Phi) is 4.12. The van der Waals surface area contributed by atoms with Gasteiger partial charge in [-0.3, -0.25) is 0 Å². The molecule has 3 heterocycles. The second-order valence-corrected chi connectivity index (χ2v) is 6.19. The van der Waals surface area contributed by atoms with E-state index in [0.29, 0.717) is 23.6 Å². The summed E-state index contributed by atoms with van der Waals surface area (Å²) >= 11 is 1.61. The second-order valence-electron chi connectivity index (χ2n) is 4.90. The number of rotatable bonds is 4. The third-order valence-corrected chi connectivity index (χ3v) is 4.27. The molecule has 0 aliphatic heterocycles. The summed E-state index contributed by atoms with van der Waals surface area (Å²) in [6, 6.07) is 7.47. The maximum absolute atomic E-state index is 12.3. The number of anilines is 1. The fourth-order valence-electron chi connectivity index (χ4n) is 2.25. The molecule has 6 nitrogen and oxygen atoms in total. The Hall–Kier alpha value is -2.67. The number of nitrogens with zero attached hydrogens (tertiary/aromatic N) is 2. The summed E-state index contributed by atoms with van der Waals surface area (Å²) in [6.45, 7) is 4.13. The lowest BCUT2D eigenvalue weighted by Crippen LogP contribution is -2.04. The van der Waals surface area contributed by atoms with E-state index in [9.17, 15) is 4.79 Å². The van der Waals surface area contributed by atoms with E-state index in [4.69, 9.17) is 10.5 Å². The lowest BCUT2D eigenvalue weighted by molar-refractivity contribution is 0.0527. The van der Waals surface area contributed by atoms with Gasteiger partial charge in [0.1, 0.15) is 0 Å². The van der Waals surface area contributed by atoms with E-state index in [1.165, 1.54) is 0 Å². The highest BCUT2D eigenvalue weighted by Crippen LogP contribution is 2.33. The minimum Gasteiger partial charge on any atom is -0.462 e. The summed E-state index contributed by atoms with van der Waals surface area (Å²) in [5, 5.41) is 0. The van der Waals surface area contributed by atoms with Gasteiger partial charge in [-0.25, -0.2) is 14.8 Å². The topological polar surface area (TPSA) is 93.9 Å². The van der Waals surface area contributed by atoms with Crippen molar-refractivity contribution in [1.82, 2.24) is 15.0 Å². The molecular formula is C16H16N4O2S. The van der Waals surface area contributed by atoms with Crippen LogP contribution in [0.2, 0.25) is 0 Å². The number of aromatic nitrogens is 3. The van der Waals surface area contributed by atoms with Gasteiger partial charge in [0.2, 0.25) is 5.95 Å². The van der Waals surface area contributed by atoms with Crippen LogP contribution in [0.25, 0.3) is 22.0 Å². The van der Waals surface area contributed by atoms with Crippen molar-refractivity contribution in [2.24, 2.45) is 0 Å². The largest absolute Gasteiger partial charge is 0.462 e. The van der Waals surface area contributed by atoms with E-state index >= 15 is 0 Å². The predicted molar refractivity (Wildman–Crippen MR) is 90.2 cm³/mol. The molecule has 0 amide bonds. The normalized spacial score (nSPS) is 10.7. The van der Waals surface area contributed by atoms with Crippen LogP contribution < -0.4 is 5.73 Å². The Balaban J connectivity index is 2.11. The number of esters is 1. The van der Waals surface area contributed by atoms with Gasteiger partial charge in [0, 0.05) is 11.1 Å². The van der Waals surface area contributed by atoms with Gasteiger partial charge in [-0.2, -0.15) is 0 Å². The van der Waals surface area contributed by atoms with E-state index in [1.807, 2.05) is 19.1 Å². The lowest BCUT2D eigenvalue weighted by Gasteiger charge is -2.01. The van der Waals surface area contributed by atoms with Gasteiger partial charge in [0.25, 0.3) is 0 Å². The van der Waals surface area contributed by atoms with Crippen molar-refractivity contribution in [3.63, 3.8) is 0 Å². The summed E-state index contributed by atoms with van der Waals surface area (Å²) in [5.74, 6) is -0.179. The highest BCUT2D eigenvalue weighted by molar-refractivity contribution is 7.15. The Bertz CT molecular complexity index is 853. The summed E-state index contributed by atoms with van der Waals surface area (Å²) in [7, 11) is 0. The summed E-state index contributed by atoms with van der Waals surface area (Å²) in [4.78, 5) is 25.7. The van der Waals surface area contributed by atoms with E-state index in [1.54, 1.807) is 36.6 Å². The van der Waals surface area contributed by atoms with E-state index < -0.39 is 0 Å². The van der Waals surface area contributed by atoms with Gasteiger partial charge in [-0.15, -0.1) is 11.3 Å². The van der Waals surface area contributed by atoms with Gasteiger partial charge in [-0.1, -0.05) is 0 Å². The second kappa shape index (κ2) is 6.21. The predicted octanol–water partition coefficient (Wildman–Crippen LogP) is 3.27. The number of aryl methyl sites for hydroxylation is 1. The van der Waals surface area contributed by atoms with Gasteiger partial charge in [0.15, 0.2) is 0 Å². The first-order valence-electron chi connectivity index (χ1n) is 7.14. The maximum Gasteiger partial charge on any atom is 0.340 e. The van der Waals surface area contributed by atoms with Crippen LogP contribution in [0, 0.1) is 6.92 Å². The summed E-state index contributed by atoms with van der Waals surface area (Å²) < 4.78 is 5.16. The molecule has 0 aromatic carbocycles. The smallest absolute Gasteiger partial charge is 0.340 e. The quantitative estimate of drug-likeness (QED) is 0.717. The number of H-pyrrole nitrogens is 1. The Morgan fingerprint density at radius 2 is 2.22 bits per heavy atom. The number of thiophene rings is 1. The minimum atomic E-state index is -0.363. The molecule has 3 N–H and O–H groups in total. The van der Waals surface area contributed by atoms with E-state index in [0.717, 1.165) is 15.4 Å². The molecule has 0 aliphatic rings. The van der Waals surface area contributed by atoms with Crippen molar-refractivity contribution < 1.29 is 9.53 Å². The number of hydrogen-bond acceptors (Lipinski definition) is 6. The molecule has 0 saturated carbocycles. The number of aromatic amines is 1. The highest BCUT2D eigenvalue weighted by Gasteiger charge is 2.20. The molecule has 118 valence electrons. The molecule has 0 saturated heterocycles. The number of ether oxygens (including phenoxy) is 1. The fourth-order valence-corrected chi connectivity index (χ4v) is 3.13. The first-order chi connectivity index (χ1) is 11.1. The zero-order valence-electron chi connectivity index (χ0n) is 12.8. The molecule has 0 fully saturated rings. The van der Waals surface area contributed by atoms with Crippen LogP contribution in [-0.2, 0) is 4.74 Å². The molecule has 23 heavy (non-hydrogen) atoms. The van der Waals surface area contributed by atoms with Gasteiger partial charge in [-0.05, 0) is 38.1 Å². The van der Waals surface area contributed by atoms with Crippen LogP contribution in [0.15, 0.2) is 30.5 Å². The number of nitrogens with two attached hydrogens (primary N) is 1. The molecular weight excluding hydrogens is 312 g/mol. The Morgan fingerprint density at radius 1 is 1.39 bits per heavy atom. The van der Waals surface area contributed by atoms with Crippen molar-refractivity contribution in [3.8, 4) is 22.0 Å². The Labute approximate surface area is 137 Å². The van der Waals surface area contributed by atoms with Crippen molar-refractivity contribution in [2.75, 3.05) is 12.3 Å². The molecule has 0 radical (unpaired) electrons. The molecule has 3 aromatic heterocycles. The van der Waals surface area contributed by atoms with Crippen LogP contribution in [-0.4, -0.2) is 27.5 Å². The number of carbonyl (C=O) groups is 1. The SMILES string of the molecule is CCOC(=O)c1cc(-c2ccnc(N)n2)[nH]c1-c1ccc(C)s1. The average molecular weight is 328 g/mol. The van der Waals surface area contributed by atoms with Crippen molar-refractivity contribution in [1.29, 1.82) is 0 Å². The fraction of sp³-hybridized carbons (Fsp3) is 0.188. The number of nitrogens with one attached hydrogen (secondary N) is 1. The van der Waals surface area contributed by atoms with Gasteiger partial charge in [0.05, 0.1) is 34.1 Å². The zero-order valence-corrected chi connectivity index (χ0v) is 13.6. The van der Waals surface area contributed by atoms with Crippen molar-refractivity contribution >= 4 is 23.3 Å². The van der Waals surface area contributed by atoms with Crippen LogP contribution in [0.5, 0.6) is 0 Å². The van der Waals surface area contributed by atoms with Crippen LogP contribution in [0.3, 0.4) is 0 Å². The minimum absolute atomic E-state index is 0.184. The lowest BCUT2D eigenvalue weighted by atomic mass is 10.2. The Morgan fingerprint density at radius 3 is 2.87 bits per heavy atom. The third-order valence-electron chi connectivity index (χ3n) is 3.25. The molecule has 0 spiro atoms. The zero-order chi connectivity index (χ0) is 16.4. The summed E-state index contributed by atoms with van der Waals surface area (Å²) in [5.41, 5.74) is 8.18. The molecule has 0 aliphatic carbocycles. The molecule has 0 atom stereocenters. The highest BCUT2D eigenvalue weighted by atomic mass is 32.1. The first-order valence-corrected chi connectivity index (χ1v) is 7.96. The van der Waals surface area contributed by atoms with Gasteiger partial charge >= 0.3 is 5.97 Å². The number of carbonyl (C=O) groups excluding carboxylic acids is 1. The number of nitrogen functional groups attached to an aromatic ring is 1. The van der Waals surface area contributed by atoms with Crippen LogP contribution >= 0.6 is 11.3 Å². The molecule has 0 unspecified atom stereocenters. The maximum atomic E-state index is 12.3. The average Bonchev–Trinajstić information content (AvgIpc) is 3.13. The van der Waals surface area contributed by atoms with Crippen molar-refractivity contribution in [3.05, 3.63) is 40.9 Å². The third kappa shape index (κ3) is 3.09. The first kappa shape index (κ1) is 15.2. The van der Waals surface area contributed by atoms with E-state index in [2.05, 4.69) is 15.0 Å². The molecule has 3 aromatic rings. The molecule has 0 bridgehead atoms. The van der Waals surface area contributed by atoms with Crippen LogP contribution in [0.1, 0.15) is 22.2 Å². The standard InChI is InChI=1S/C16H16N4O2S/c1-3-22-15(21)10-8-12(11-6-7-18-16(17)20-11)19-14(10)13-5-4-9(2)23-13/h4-8,19H,3H2,1-2H3,(H2,17,18,20). The van der Waals surface area contributed by atoms with Gasteiger partial charge < -0.3 is 15.5 Å². The monoisotopic (exact) mass is 328 g/mol. The van der Waals surface area contributed by atoms with E-state index in [-0.39, 0.29) is 11.9 Å². The molecule has 3 rings (SSSR count). The van der Waals surface area contributed by atoms with Crippen LogP contribution in [0.4, 0.5) is 5.95 Å². The van der Waals surface area contributed by atoms with Crippen molar-refractivity contribution in [2.45, 2.75) is 13.8 Å².